The van der Waals surface area contributed by atoms with Crippen molar-refractivity contribution in [2.24, 2.45) is 0 Å². The van der Waals surface area contributed by atoms with E-state index in [1.54, 1.807) is 0 Å². The van der Waals surface area contributed by atoms with Crippen LogP contribution in [0.4, 0.5) is 5.82 Å². The van der Waals surface area contributed by atoms with Crippen LogP contribution < -0.4 is 5.73 Å². The van der Waals surface area contributed by atoms with E-state index in [1.165, 1.54) is 0 Å². The van der Waals surface area contributed by atoms with Gasteiger partial charge in [0.25, 0.3) is 0 Å². The zero-order valence-electron chi connectivity index (χ0n) is 9.69. The smallest absolute Gasteiger partial charge is 0.135 e. The minimum Gasteiger partial charge on any atom is -0.383 e. The lowest BCUT2D eigenvalue weighted by Gasteiger charge is -2.06. The number of anilines is 1. The molecule has 0 fully saturated rings. The molecule has 0 saturated heterocycles. The van der Waals surface area contributed by atoms with Gasteiger partial charge in [-0.2, -0.15) is 11.8 Å². The number of hydrogen-bond donors (Lipinski definition) is 1. The Kier molecular flexibility index (Phi) is 3.14. The van der Waals surface area contributed by atoms with Crippen LogP contribution in [0.5, 0.6) is 0 Å². The van der Waals surface area contributed by atoms with Gasteiger partial charge in [0.15, 0.2) is 0 Å². The second-order valence-corrected chi connectivity index (χ2v) is 5.67. The Morgan fingerprint density at radius 3 is 3.00 bits per heavy atom. The molecule has 2 heterocycles. The summed E-state index contributed by atoms with van der Waals surface area (Å²) in [5.74, 6) is 3.27. The molecule has 0 saturated carbocycles. The van der Waals surface area contributed by atoms with Crippen molar-refractivity contribution < 1.29 is 0 Å². The SMILES string of the molecule is Nc1nc(Cc2cccc(Cl)c2)nc2c1CSC2. The van der Waals surface area contributed by atoms with Crippen LogP contribution in [0.2, 0.25) is 5.02 Å². The molecule has 92 valence electrons. The maximum Gasteiger partial charge on any atom is 0.135 e. The Balaban J connectivity index is 1.92. The molecule has 3 rings (SSSR count). The second kappa shape index (κ2) is 4.78. The van der Waals surface area contributed by atoms with Crippen molar-refractivity contribution in [1.29, 1.82) is 0 Å². The number of halogens is 1. The summed E-state index contributed by atoms with van der Waals surface area (Å²) < 4.78 is 0. The van der Waals surface area contributed by atoms with Crippen molar-refractivity contribution in [3.8, 4) is 0 Å². The van der Waals surface area contributed by atoms with Gasteiger partial charge >= 0.3 is 0 Å². The second-order valence-electron chi connectivity index (χ2n) is 4.25. The summed E-state index contributed by atoms with van der Waals surface area (Å²) in [6, 6.07) is 7.75. The zero-order chi connectivity index (χ0) is 12.5. The number of aromatic nitrogens is 2. The van der Waals surface area contributed by atoms with Gasteiger partial charge in [0.1, 0.15) is 11.6 Å². The Morgan fingerprint density at radius 1 is 1.28 bits per heavy atom. The first-order valence-electron chi connectivity index (χ1n) is 5.69. The number of benzene rings is 1. The lowest BCUT2D eigenvalue weighted by molar-refractivity contribution is 0.935. The summed E-state index contributed by atoms with van der Waals surface area (Å²) in [6.45, 7) is 0. The highest BCUT2D eigenvalue weighted by molar-refractivity contribution is 7.98. The highest BCUT2D eigenvalue weighted by Crippen LogP contribution is 2.31. The number of fused-ring (bicyclic) bond motifs is 1. The number of nitrogens with zero attached hydrogens (tertiary/aromatic N) is 2. The van der Waals surface area contributed by atoms with Crippen LogP contribution in [0.25, 0.3) is 0 Å². The van der Waals surface area contributed by atoms with E-state index in [0.29, 0.717) is 12.2 Å². The van der Waals surface area contributed by atoms with Crippen molar-refractivity contribution in [2.45, 2.75) is 17.9 Å². The normalized spacial score (nSPS) is 13.6. The maximum absolute atomic E-state index is 5.97. The van der Waals surface area contributed by atoms with E-state index in [4.69, 9.17) is 17.3 Å². The highest BCUT2D eigenvalue weighted by Gasteiger charge is 2.18. The van der Waals surface area contributed by atoms with E-state index in [1.807, 2.05) is 36.0 Å². The summed E-state index contributed by atoms with van der Waals surface area (Å²) >= 11 is 7.80. The molecule has 1 aliphatic heterocycles. The molecule has 3 nitrogen and oxygen atoms in total. The van der Waals surface area contributed by atoms with E-state index >= 15 is 0 Å². The van der Waals surface area contributed by atoms with Gasteiger partial charge in [0.05, 0.1) is 5.69 Å². The van der Waals surface area contributed by atoms with Crippen LogP contribution >= 0.6 is 23.4 Å². The Hall–Kier alpha value is -1.26. The van der Waals surface area contributed by atoms with Gasteiger partial charge in [0.2, 0.25) is 0 Å². The first-order chi connectivity index (χ1) is 8.72. The molecule has 0 unspecified atom stereocenters. The molecular formula is C13H12ClN3S. The van der Waals surface area contributed by atoms with Gasteiger partial charge in [-0.15, -0.1) is 0 Å². The van der Waals surface area contributed by atoms with Crippen molar-refractivity contribution in [2.75, 3.05) is 5.73 Å². The third-order valence-electron chi connectivity index (χ3n) is 2.91. The highest BCUT2D eigenvalue weighted by atomic mass is 35.5. The van der Waals surface area contributed by atoms with Gasteiger partial charge < -0.3 is 5.73 Å². The van der Waals surface area contributed by atoms with Crippen molar-refractivity contribution in [1.82, 2.24) is 9.97 Å². The van der Waals surface area contributed by atoms with Crippen molar-refractivity contribution >= 4 is 29.2 Å². The number of rotatable bonds is 2. The average Bonchev–Trinajstić information content (AvgIpc) is 2.77. The Labute approximate surface area is 115 Å². The molecule has 0 aliphatic carbocycles. The summed E-state index contributed by atoms with van der Waals surface area (Å²) in [4.78, 5) is 8.96. The van der Waals surface area contributed by atoms with Crippen LogP contribution in [0.1, 0.15) is 22.6 Å². The Bertz CT molecular complexity index is 601. The number of thioether (sulfide) groups is 1. The molecule has 1 aromatic heterocycles. The predicted octanol–water partition coefficient (Wildman–Crippen LogP) is 3.05. The summed E-state index contributed by atoms with van der Waals surface area (Å²) in [5.41, 5.74) is 9.26. The molecule has 5 heteroatoms. The van der Waals surface area contributed by atoms with Crippen LogP contribution in [0.3, 0.4) is 0 Å². The first kappa shape index (κ1) is 11.8. The van der Waals surface area contributed by atoms with E-state index in [2.05, 4.69) is 9.97 Å². The lowest BCUT2D eigenvalue weighted by Crippen LogP contribution is -2.06. The third kappa shape index (κ3) is 2.31. The zero-order valence-corrected chi connectivity index (χ0v) is 11.3. The summed E-state index contributed by atoms with van der Waals surface area (Å²) in [6.07, 6.45) is 0.669. The minimum atomic E-state index is 0.627. The molecule has 1 aliphatic rings. The molecule has 2 N–H and O–H groups in total. The number of nitrogen functional groups attached to an aromatic ring is 1. The molecule has 1 aromatic carbocycles. The van der Waals surface area contributed by atoms with Crippen LogP contribution in [-0.2, 0) is 17.9 Å². The minimum absolute atomic E-state index is 0.627. The fourth-order valence-electron chi connectivity index (χ4n) is 2.04. The molecule has 0 radical (unpaired) electrons. The molecule has 0 amide bonds. The van der Waals surface area contributed by atoms with E-state index in [0.717, 1.165) is 39.2 Å². The predicted molar refractivity (Wildman–Crippen MR) is 75.7 cm³/mol. The first-order valence-corrected chi connectivity index (χ1v) is 7.22. The van der Waals surface area contributed by atoms with Crippen LogP contribution in [0.15, 0.2) is 24.3 Å². The van der Waals surface area contributed by atoms with Crippen molar-refractivity contribution in [3.05, 3.63) is 51.9 Å². The number of nitrogens with two attached hydrogens (primary N) is 1. The van der Waals surface area contributed by atoms with Gasteiger partial charge in [-0.1, -0.05) is 23.7 Å². The van der Waals surface area contributed by atoms with Gasteiger partial charge in [-0.3, -0.25) is 0 Å². The topological polar surface area (TPSA) is 51.8 Å². The Morgan fingerprint density at radius 2 is 2.17 bits per heavy atom. The molecule has 18 heavy (non-hydrogen) atoms. The monoisotopic (exact) mass is 277 g/mol. The average molecular weight is 278 g/mol. The van der Waals surface area contributed by atoms with Gasteiger partial charge in [-0.05, 0) is 17.7 Å². The van der Waals surface area contributed by atoms with E-state index in [9.17, 15) is 0 Å². The maximum atomic E-state index is 5.97. The van der Waals surface area contributed by atoms with Gasteiger partial charge in [0, 0.05) is 28.5 Å². The van der Waals surface area contributed by atoms with Crippen molar-refractivity contribution in [3.63, 3.8) is 0 Å². The standard InChI is InChI=1S/C13H12ClN3S/c14-9-3-1-2-8(4-9)5-12-16-11-7-18-6-10(11)13(15)17-12/h1-4H,5-7H2,(H2,15,16,17). The third-order valence-corrected chi connectivity index (χ3v) is 4.11. The van der Waals surface area contributed by atoms with E-state index in [-0.39, 0.29) is 0 Å². The van der Waals surface area contributed by atoms with Gasteiger partial charge in [-0.25, -0.2) is 9.97 Å². The molecule has 0 bridgehead atoms. The molecule has 2 aromatic rings. The quantitative estimate of drug-likeness (QED) is 0.917. The fourth-order valence-corrected chi connectivity index (χ4v) is 3.30. The fraction of sp³-hybridized carbons (Fsp3) is 0.231. The summed E-state index contributed by atoms with van der Waals surface area (Å²) in [5, 5.41) is 0.734. The molecule has 0 atom stereocenters. The van der Waals surface area contributed by atoms with E-state index < -0.39 is 0 Å². The number of hydrogen-bond acceptors (Lipinski definition) is 4. The molecular weight excluding hydrogens is 266 g/mol. The largest absolute Gasteiger partial charge is 0.383 e. The van der Waals surface area contributed by atoms with Crippen LogP contribution in [0, 0.1) is 0 Å². The summed E-state index contributed by atoms with van der Waals surface area (Å²) in [7, 11) is 0. The molecule has 0 spiro atoms. The van der Waals surface area contributed by atoms with Crippen LogP contribution in [-0.4, -0.2) is 9.97 Å². The lowest BCUT2D eigenvalue weighted by atomic mass is 10.1.